The van der Waals surface area contributed by atoms with E-state index in [-0.39, 0.29) is 5.75 Å². The molecule has 1 N–H and O–H groups in total. The van der Waals surface area contributed by atoms with Gasteiger partial charge in [0.1, 0.15) is 5.75 Å². The minimum atomic E-state index is -3.14. The monoisotopic (exact) mass is 256 g/mol. The Kier molecular flexibility index (Phi) is 5.42. The van der Waals surface area contributed by atoms with Crippen LogP contribution in [0, 0.1) is 0 Å². The summed E-state index contributed by atoms with van der Waals surface area (Å²) in [6.45, 7) is 4.19. The average molecular weight is 256 g/mol. The van der Waals surface area contributed by atoms with Crippen LogP contribution >= 0.6 is 7.60 Å². The van der Waals surface area contributed by atoms with Crippen LogP contribution in [-0.4, -0.2) is 18.3 Å². The maximum atomic E-state index is 12.1. The van der Waals surface area contributed by atoms with Gasteiger partial charge in [-0.15, -0.1) is 0 Å². The van der Waals surface area contributed by atoms with Crippen molar-refractivity contribution in [2.45, 2.75) is 13.8 Å². The van der Waals surface area contributed by atoms with E-state index in [0.717, 1.165) is 5.56 Å². The summed E-state index contributed by atoms with van der Waals surface area (Å²) in [5, 5.41) is 9.12. The first-order chi connectivity index (χ1) is 8.09. The van der Waals surface area contributed by atoms with Crippen molar-refractivity contribution < 1.29 is 18.7 Å². The maximum Gasteiger partial charge on any atom is 0.354 e. The van der Waals surface area contributed by atoms with Gasteiger partial charge in [-0.25, -0.2) is 0 Å². The van der Waals surface area contributed by atoms with Crippen molar-refractivity contribution in [3.63, 3.8) is 0 Å². The second kappa shape index (κ2) is 6.60. The summed E-state index contributed by atoms with van der Waals surface area (Å²) >= 11 is 0. The molecule has 0 saturated heterocycles. The molecule has 17 heavy (non-hydrogen) atoms. The number of aromatic hydroxyl groups is 1. The third-order valence-corrected chi connectivity index (χ3v) is 3.71. The first kappa shape index (κ1) is 14.0. The van der Waals surface area contributed by atoms with Gasteiger partial charge in [0.15, 0.2) is 0 Å². The second-order valence-corrected chi connectivity index (χ2v) is 5.18. The summed E-state index contributed by atoms with van der Waals surface area (Å²) in [7, 11) is -3.14. The second-order valence-electron chi connectivity index (χ2n) is 3.28. The van der Waals surface area contributed by atoms with Crippen LogP contribution in [0.1, 0.15) is 19.4 Å². The highest BCUT2D eigenvalue weighted by Gasteiger charge is 2.18. The van der Waals surface area contributed by atoms with E-state index >= 15 is 0 Å². The highest BCUT2D eigenvalue weighted by Crippen LogP contribution is 2.50. The fourth-order valence-corrected chi connectivity index (χ4v) is 2.57. The molecule has 0 bridgehead atoms. The molecular weight excluding hydrogens is 239 g/mol. The quantitative estimate of drug-likeness (QED) is 0.789. The van der Waals surface area contributed by atoms with Crippen LogP contribution in [-0.2, 0) is 13.6 Å². The first-order valence-corrected chi connectivity index (χ1v) is 7.08. The molecule has 0 atom stereocenters. The molecule has 0 aliphatic carbocycles. The fourth-order valence-electron chi connectivity index (χ4n) is 1.25. The molecule has 0 aliphatic rings. The Morgan fingerprint density at radius 3 is 2.18 bits per heavy atom. The van der Waals surface area contributed by atoms with Crippen molar-refractivity contribution in [1.82, 2.24) is 0 Å². The Morgan fingerprint density at radius 1 is 1.18 bits per heavy atom. The SMILES string of the molecule is CCOP(=O)(/C=C/c1ccc(O)cc1)OCC. The van der Waals surface area contributed by atoms with Crippen molar-refractivity contribution in [1.29, 1.82) is 0 Å². The zero-order valence-electron chi connectivity index (χ0n) is 10.00. The Bertz CT molecular complexity index is 401. The van der Waals surface area contributed by atoms with Crippen LogP contribution in [0.3, 0.4) is 0 Å². The molecule has 0 radical (unpaired) electrons. The third-order valence-electron chi connectivity index (χ3n) is 1.96. The van der Waals surface area contributed by atoms with Crippen molar-refractivity contribution in [2.24, 2.45) is 0 Å². The summed E-state index contributed by atoms with van der Waals surface area (Å²) < 4.78 is 22.3. The zero-order valence-corrected chi connectivity index (χ0v) is 10.9. The van der Waals surface area contributed by atoms with E-state index in [1.807, 2.05) is 0 Å². The van der Waals surface area contributed by atoms with Crippen molar-refractivity contribution in [2.75, 3.05) is 13.2 Å². The van der Waals surface area contributed by atoms with Crippen LogP contribution in [0.25, 0.3) is 6.08 Å². The lowest BCUT2D eigenvalue weighted by atomic mass is 10.2. The van der Waals surface area contributed by atoms with Crippen molar-refractivity contribution in [3.05, 3.63) is 35.6 Å². The van der Waals surface area contributed by atoms with Crippen molar-refractivity contribution in [3.8, 4) is 5.75 Å². The van der Waals surface area contributed by atoms with E-state index in [1.165, 1.54) is 5.82 Å². The van der Waals surface area contributed by atoms with Gasteiger partial charge < -0.3 is 14.2 Å². The lowest BCUT2D eigenvalue weighted by molar-refractivity contribution is 0.229. The Balaban J connectivity index is 2.79. The molecule has 1 rings (SSSR count). The highest BCUT2D eigenvalue weighted by atomic mass is 31.2. The van der Waals surface area contributed by atoms with Gasteiger partial charge >= 0.3 is 7.60 Å². The molecule has 94 valence electrons. The van der Waals surface area contributed by atoms with E-state index in [0.29, 0.717) is 13.2 Å². The zero-order chi connectivity index (χ0) is 12.7. The van der Waals surface area contributed by atoms with Crippen LogP contribution in [0.15, 0.2) is 30.1 Å². The lowest BCUT2D eigenvalue weighted by Crippen LogP contribution is -1.92. The topological polar surface area (TPSA) is 55.8 Å². The van der Waals surface area contributed by atoms with E-state index in [2.05, 4.69) is 0 Å². The van der Waals surface area contributed by atoms with E-state index in [1.54, 1.807) is 44.2 Å². The van der Waals surface area contributed by atoms with Gasteiger partial charge in [0.05, 0.1) is 13.2 Å². The standard InChI is InChI=1S/C12H17O4P/c1-3-15-17(14,16-4-2)10-9-11-5-7-12(13)8-6-11/h5-10,13H,3-4H2,1-2H3/b10-9+. The largest absolute Gasteiger partial charge is 0.508 e. The molecule has 1 aromatic carbocycles. The molecule has 0 amide bonds. The first-order valence-electron chi connectivity index (χ1n) is 5.46. The highest BCUT2D eigenvalue weighted by molar-refractivity contribution is 7.57. The van der Waals surface area contributed by atoms with Gasteiger partial charge in [-0.3, -0.25) is 4.57 Å². The number of rotatable bonds is 6. The molecule has 0 unspecified atom stereocenters. The number of benzene rings is 1. The number of hydrogen-bond acceptors (Lipinski definition) is 4. The Hall–Kier alpha value is -1.09. The van der Waals surface area contributed by atoms with Gasteiger partial charge in [0.25, 0.3) is 0 Å². The molecular formula is C12H17O4P. The summed E-state index contributed by atoms with van der Waals surface area (Å²) in [6, 6.07) is 6.56. The fraction of sp³-hybridized carbons (Fsp3) is 0.333. The smallest absolute Gasteiger partial charge is 0.354 e. The van der Waals surface area contributed by atoms with Gasteiger partial charge in [-0.1, -0.05) is 12.1 Å². The molecule has 0 fully saturated rings. The van der Waals surface area contributed by atoms with Gasteiger partial charge in [0, 0.05) is 5.82 Å². The molecule has 5 heteroatoms. The Morgan fingerprint density at radius 2 is 1.71 bits per heavy atom. The van der Waals surface area contributed by atoms with Crippen molar-refractivity contribution >= 4 is 13.7 Å². The summed E-state index contributed by atoms with van der Waals surface area (Å²) in [5.41, 5.74) is 0.822. The number of hydrogen-bond donors (Lipinski definition) is 1. The molecule has 0 aliphatic heterocycles. The molecule has 0 saturated carbocycles. The molecule has 0 spiro atoms. The van der Waals surface area contributed by atoms with Gasteiger partial charge in [0.2, 0.25) is 0 Å². The normalized spacial score (nSPS) is 12.1. The Labute approximate surface area is 101 Å². The third kappa shape index (κ3) is 4.73. The molecule has 4 nitrogen and oxygen atoms in total. The summed E-state index contributed by atoms with van der Waals surface area (Å²) in [4.78, 5) is 0. The van der Waals surface area contributed by atoms with Crippen LogP contribution in [0.4, 0.5) is 0 Å². The minimum Gasteiger partial charge on any atom is -0.508 e. The van der Waals surface area contributed by atoms with E-state index < -0.39 is 7.60 Å². The number of phenolic OH excluding ortho intramolecular Hbond substituents is 1. The maximum absolute atomic E-state index is 12.1. The minimum absolute atomic E-state index is 0.194. The van der Waals surface area contributed by atoms with Gasteiger partial charge in [-0.2, -0.15) is 0 Å². The van der Waals surface area contributed by atoms with E-state index in [4.69, 9.17) is 14.2 Å². The summed E-state index contributed by atoms with van der Waals surface area (Å²) in [5.74, 6) is 1.63. The van der Waals surface area contributed by atoms with E-state index in [9.17, 15) is 4.57 Å². The lowest BCUT2D eigenvalue weighted by Gasteiger charge is -2.12. The molecule has 0 aromatic heterocycles. The number of phenols is 1. The molecule has 0 heterocycles. The van der Waals surface area contributed by atoms with Crippen LogP contribution in [0.2, 0.25) is 0 Å². The molecule has 1 aromatic rings. The van der Waals surface area contributed by atoms with Gasteiger partial charge in [-0.05, 0) is 37.6 Å². The average Bonchev–Trinajstić information content (AvgIpc) is 2.29. The summed E-state index contributed by atoms with van der Waals surface area (Å²) in [6.07, 6.45) is 1.66. The van der Waals surface area contributed by atoms with Crippen LogP contribution in [0.5, 0.6) is 5.75 Å². The van der Waals surface area contributed by atoms with Crippen LogP contribution < -0.4 is 0 Å². The predicted octanol–water partition coefficient (Wildman–Crippen LogP) is 3.63. The predicted molar refractivity (Wildman–Crippen MR) is 68.0 cm³/mol.